The number of H-pyrrole nitrogens is 1. The molecule has 0 atom stereocenters. The van der Waals surface area contributed by atoms with E-state index in [-0.39, 0.29) is 0 Å². The standard InChI is InChI=1S/C30H26N4OS.C2HF3O2/c1-19-29(20(2)35-34-19)24-10-6-8-22(16-24)18-31-17-21-7-5-9-23(15-21)27-13-14-28(36-27)30-32-25-11-3-4-12-26(25)33-30;3-2(4,5)1(6)7/h3-16,31H,17-18H2,1-2H3,(H,32,33);(H,6,7). The zero-order valence-electron chi connectivity index (χ0n) is 23.2. The number of aliphatic carboxylic acids is 1. The van der Waals surface area contributed by atoms with Crippen molar-refractivity contribution >= 4 is 28.3 Å². The maximum atomic E-state index is 10.6. The van der Waals surface area contributed by atoms with Gasteiger partial charge in [0, 0.05) is 23.5 Å². The van der Waals surface area contributed by atoms with Gasteiger partial charge in [0.15, 0.2) is 0 Å². The van der Waals surface area contributed by atoms with Crippen LogP contribution in [0.4, 0.5) is 13.2 Å². The van der Waals surface area contributed by atoms with Crippen LogP contribution >= 0.6 is 11.3 Å². The van der Waals surface area contributed by atoms with E-state index in [1.54, 1.807) is 11.3 Å². The Morgan fingerprint density at radius 3 is 2.16 bits per heavy atom. The fourth-order valence-electron chi connectivity index (χ4n) is 4.61. The smallest absolute Gasteiger partial charge is 0.475 e. The van der Waals surface area contributed by atoms with Gasteiger partial charge < -0.3 is 19.9 Å². The second kappa shape index (κ2) is 12.6. The number of aromatic amines is 1. The molecule has 3 heterocycles. The van der Waals surface area contributed by atoms with Gasteiger partial charge in [-0.15, -0.1) is 11.3 Å². The van der Waals surface area contributed by atoms with Crippen molar-refractivity contribution in [1.82, 2.24) is 20.4 Å². The number of nitrogens with zero attached hydrogens (tertiary/aromatic N) is 2. The molecule has 7 nitrogen and oxygen atoms in total. The summed E-state index contributed by atoms with van der Waals surface area (Å²) in [7, 11) is 0. The highest BCUT2D eigenvalue weighted by Gasteiger charge is 2.38. The number of thiophene rings is 1. The molecule has 0 aliphatic carbocycles. The summed E-state index contributed by atoms with van der Waals surface area (Å²) in [5, 5.41) is 14.8. The number of aromatic nitrogens is 3. The van der Waals surface area contributed by atoms with Gasteiger partial charge in [0.1, 0.15) is 11.6 Å². The minimum absolute atomic E-state index is 0.788. The molecule has 43 heavy (non-hydrogen) atoms. The molecular weight excluding hydrogens is 577 g/mol. The lowest BCUT2D eigenvalue weighted by Crippen LogP contribution is -2.21. The summed E-state index contributed by atoms with van der Waals surface area (Å²) in [6, 6.07) is 29.8. The first-order chi connectivity index (χ1) is 20.6. The number of nitrogens with one attached hydrogen (secondary N) is 2. The van der Waals surface area contributed by atoms with Crippen LogP contribution in [0.3, 0.4) is 0 Å². The Labute approximate surface area is 249 Å². The number of carboxylic acids is 1. The molecule has 0 aliphatic rings. The summed E-state index contributed by atoms with van der Waals surface area (Å²) in [4.78, 5) is 19.4. The highest BCUT2D eigenvalue weighted by molar-refractivity contribution is 7.18. The number of alkyl halides is 3. The summed E-state index contributed by atoms with van der Waals surface area (Å²) < 4.78 is 37.1. The monoisotopic (exact) mass is 604 g/mol. The van der Waals surface area contributed by atoms with Crippen LogP contribution in [0, 0.1) is 13.8 Å². The first-order valence-corrected chi connectivity index (χ1v) is 14.1. The minimum Gasteiger partial charge on any atom is -0.475 e. The van der Waals surface area contributed by atoms with Crippen molar-refractivity contribution in [3.8, 4) is 32.3 Å². The summed E-state index contributed by atoms with van der Waals surface area (Å²) in [6.45, 7) is 5.53. The van der Waals surface area contributed by atoms with Crippen LogP contribution in [0.15, 0.2) is 89.5 Å². The van der Waals surface area contributed by atoms with E-state index in [9.17, 15) is 13.2 Å². The van der Waals surface area contributed by atoms with Crippen LogP contribution < -0.4 is 5.32 Å². The van der Waals surface area contributed by atoms with Crippen molar-refractivity contribution in [2.45, 2.75) is 33.1 Å². The molecule has 0 spiro atoms. The van der Waals surface area contributed by atoms with Crippen molar-refractivity contribution in [2.24, 2.45) is 0 Å². The largest absolute Gasteiger partial charge is 0.490 e. The normalized spacial score (nSPS) is 11.4. The van der Waals surface area contributed by atoms with E-state index in [1.165, 1.54) is 21.6 Å². The number of imidazole rings is 1. The average molecular weight is 605 g/mol. The van der Waals surface area contributed by atoms with Crippen molar-refractivity contribution in [3.63, 3.8) is 0 Å². The Morgan fingerprint density at radius 2 is 1.53 bits per heavy atom. The fourth-order valence-corrected chi connectivity index (χ4v) is 5.55. The number of halogens is 3. The Balaban J connectivity index is 0.000000472. The van der Waals surface area contributed by atoms with Gasteiger partial charge in [-0.25, -0.2) is 9.78 Å². The quantitative estimate of drug-likeness (QED) is 0.170. The van der Waals surface area contributed by atoms with E-state index < -0.39 is 12.1 Å². The van der Waals surface area contributed by atoms with E-state index in [0.717, 1.165) is 57.4 Å². The lowest BCUT2D eigenvalue weighted by molar-refractivity contribution is -0.192. The number of carboxylic acid groups (broad SMARTS) is 1. The molecule has 0 amide bonds. The van der Waals surface area contributed by atoms with Gasteiger partial charge in [-0.3, -0.25) is 0 Å². The number of para-hydroxylation sites is 2. The zero-order valence-corrected chi connectivity index (χ0v) is 24.0. The second-order valence-corrected chi connectivity index (χ2v) is 10.9. The average Bonchev–Trinajstić information content (AvgIpc) is 3.72. The first-order valence-electron chi connectivity index (χ1n) is 13.3. The molecule has 3 aromatic heterocycles. The van der Waals surface area contributed by atoms with Crippen LogP contribution in [0.1, 0.15) is 22.6 Å². The number of aryl methyl sites for hydroxylation is 2. The van der Waals surface area contributed by atoms with Crippen LogP contribution in [-0.2, 0) is 17.9 Å². The zero-order chi connectivity index (χ0) is 30.6. The Bertz CT molecular complexity index is 1820. The predicted molar refractivity (Wildman–Crippen MR) is 160 cm³/mol. The molecule has 220 valence electrons. The molecule has 6 aromatic rings. The third-order valence-corrected chi connectivity index (χ3v) is 7.73. The topological polar surface area (TPSA) is 104 Å². The number of rotatable bonds is 7. The van der Waals surface area contributed by atoms with Crippen LogP contribution in [0.5, 0.6) is 0 Å². The third kappa shape index (κ3) is 7.19. The third-order valence-electron chi connectivity index (χ3n) is 6.59. The van der Waals surface area contributed by atoms with Gasteiger partial charge >= 0.3 is 12.1 Å². The molecule has 3 N–H and O–H groups in total. The molecule has 11 heteroatoms. The second-order valence-electron chi connectivity index (χ2n) is 9.77. The highest BCUT2D eigenvalue weighted by Crippen LogP contribution is 2.34. The Morgan fingerprint density at radius 1 is 0.907 bits per heavy atom. The number of hydrogen-bond donors (Lipinski definition) is 3. The number of fused-ring (bicyclic) bond motifs is 1. The van der Waals surface area contributed by atoms with Gasteiger partial charge in [0.2, 0.25) is 0 Å². The Kier molecular flexibility index (Phi) is 8.74. The molecule has 3 aromatic carbocycles. The molecular formula is C32H27F3N4O3S. The maximum absolute atomic E-state index is 10.6. The van der Waals surface area contributed by atoms with Gasteiger partial charge in [-0.05, 0) is 72.5 Å². The highest BCUT2D eigenvalue weighted by atomic mass is 32.1. The van der Waals surface area contributed by atoms with Crippen LogP contribution in [-0.4, -0.2) is 32.4 Å². The fraction of sp³-hybridized carbons (Fsp3) is 0.156. The molecule has 0 fully saturated rings. The molecule has 6 rings (SSSR count). The summed E-state index contributed by atoms with van der Waals surface area (Å²) >= 11 is 1.76. The summed E-state index contributed by atoms with van der Waals surface area (Å²) in [6.07, 6.45) is -5.08. The molecule has 0 saturated carbocycles. The molecule has 0 saturated heterocycles. The van der Waals surface area contributed by atoms with Crippen molar-refractivity contribution < 1.29 is 27.6 Å². The van der Waals surface area contributed by atoms with E-state index in [2.05, 4.69) is 82.2 Å². The Hall–Kier alpha value is -4.74. The maximum Gasteiger partial charge on any atom is 0.490 e. The summed E-state index contributed by atoms with van der Waals surface area (Å²) in [5.41, 5.74) is 8.92. The molecule has 0 aliphatic heterocycles. The van der Waals surface area contributed by atoms with Crippen LogP contribution in [0.2, 0.25) is 0 Å². The van der Waals surface area contributed by atoms with Gasteiger partial charge in [0.05, 0.1) is 21.6 Å². The van der Waals surface area contributed by atoms with Crippen molar-refractivity contribution in [2.75, 3.05) is 0 Å². The van der Waals surface area contributed by atoms with E-state index in [0.29, 0.717) is 0 Å². The molecule has 0 bridgehead atoms. The van der Waals surface area contributed by atoms with Gasteiger partial charge in [-0.1, -0.05) is 53.7 Å². The lowest BCUT2D eigenvalue weighted by atomic mass is 10.0. The van der Waals surface area contributed by atoms with E-state index in [1.807, 2.05) is 32.0 Å². The van der Waals surface area contributed by atoms with E-state index in [4.69, 9.17) is 19.4 Å². The summed E-state index contributed by atoms with van der Waals surface area (Å²) in [5.74, 6) is -0.983. The lowest BCUT2D eigenvalue weighted by Gasteiger charge is -2.08. The molecule has 0 radical (unpaired) electrons. The first kappa shape index (κ1) is 29.7. The SMILES string of the molecule is Cc1noc(C)c1-c1cccc(CNCc2cccc(-c3ccc(-c4nc5ccccc5[nH]4)s3)c2)c1.O=C(O)C(F)(F)F. The molecule has 0 unspecified atom stereocenters. The number of hydrogen-bond acceptors (Lipinski definition) is 6. The minimum atomic E-state index is -5.08. The van der Waals surface area contributed by atoms with Crippen LogP contribution in [0.25, 0.3) is 43.3 Å². The van der Waals surface area contributed by atoms with Gasteiger partial charge in [0.25, 0.3) is 0 Å². The van der Waals surface area contributed by atoms with E-state index >= 15 is 0 Å². The van der Waals surface area contributed by atoms with Crippen molar-refractivity contribution in [3.05, 3.63) is 108 Å². The number of benzene rings is 3. The van der Waals surface area contributed by atoms with Gasteiger partial charge in [-0.2, -0.15) is 13.2 Å². The predicted octanol–water partition coefficient (Wildman–Crippen LogP) is 8.15. The van der Waals surface area contributed by atoms with Crippen molar-refractivity contribution in [1.29, 1.82) is 0 Å². The number of carbonyl (C=O) groups is 1.